The van der Waals surface area contributed by atoms with Crippen LogP contribution in [0.25, 0.3) is 0 Å². The van der Waals surface area contributed by atoms with E-state index in [1.807, 2.05) is 36.4 Å². The lowest BCUT2D eigenvalue weighted by Gasteiger charge is -2.29. The molecule has 0 saturated heterocycles. The van der Waals surface area contributed by atoms with Crippen molar-refractivity contribution in [1.29, 1.82) is 0 Å². The van der Waals surface area contributed by atoms with Gasteiger partial charge in [0.1, 0.15) is 3.72 Å². The SMILES string of the molecule is CC(C(I)=NO)(c1ccccc1)c1ccccc1. The molecule has 0 aromatic heterocycles. The van der Waals surface area contributed by atoms with Gasteiger partial charge in [-0.2, -0.15) is 0 Å². The van der Waals surface area contributed by atoms with Crippen molar-refractivity contribution in [3.63, 3.8) is 0 Å². The van der Waals surface area contributed by atoms with Gasteiger partial charge >= 0.3 is 0 Å². The summed E-state index contributed by atoms with van der Waals surface area (Å²) in [5.41, 5.74) is 1.80. The van der Waals surface area contributed by atoms with Gasteiger partial charge in [-0.05, 0) is 40.6 Å². The second-order valence-electron chi connectivity index (χ2n) is 4.25. The van der Waals surface area contributed by atoms with Gasteiger partial charge in [-0.3, -0.25) is 0 Å². The molecule has 0 heterocycles. The van der Waals surface area contributed by atoms with Gasteiger partial charge in [-0.15, -0.1) is 0 Å². The fraction of sp³-hybridized carbons (Fsp3) is 0.133. The molecule has 3 heteroatoms. The zero-order chi connectivity index (χ0) is 13.0. The molecule has 2 rings (SSSR count). The number of hydrogen-bond donors (Lipinski definition) is 1. The number of oxime groups is 1. The van der Waals surface area contributed by atoms with Crippen molar-refractivity contribution in [3.05, 3.63) is 71.8 Å². The molecule has 0 spiro atoms. The summed E-state index contributed by atoms with van der Waals surface area (Å²) in [6, 6.07) is 20.2. The minimum Gasteiger partial charge on any atom is -0.410 e. The summed E-state index contributed by atoms with van der Waals surface area (Å²) < 4.78 is 0.650. The molecule has 0 radical (unpaired) electrons. The van der Waals surface area contributed by atoms with Crippen LogP contribution in [0.4, 0.5) is 0 Å². The van der Waals surface area contributed by atoms with Gasteiger partial charge in [0.2, 0.25) is 0 Å². The highest BCUT2D eigenvalue weighted by Gasteiger charge is 2.33. The monoisotopic (exact) mass is 351 g/mol. The number of rotatable bonds is 3. The van der Waals surface area contributed by atoms with Crippen LogP contribution in [-0.2, 0) is 5.41 Å². The summed E-state index contributed by atoms with van der Waals surface area (Å²) in [5.74, 6) is 0. The van der Waals surface area contributed by atoms with Gasteiger partial charge in [0.25, 0.3) is 0 Å². The molecule has 2 aromatic rings. The van der Waals surface area contributed by atoms with E-state index in [4.69, 9.17) is 0 Å². The maximum atomic E-state index is 9.17. The third kappa shape index (κ3) is 2.27. The predicted octanol–water partition coefficient (Wildman–Crippen LogP) is 4.22. The average molecular weight is 351 g/mol. The zero-order valence-corrected chi connectivity index (χ0v) is 12.2. The zero-order valence-electron chi connectivity index (χ0n) is 10.0. The molecular formula is C15H14INO. The van der Waals surface area contributed by atoms with Crippen LogP contribution in [0.3, 0.4) is 0 Å². The van der Waals surface area contributed by atoms with E-state index in [9.17, 15) is 5.21 Å². The molecule has 0 unspecified atom stereocenters. The first-order valence-electron chi connectivity index (χ1n) is 5.68. The molecule has 1 N–H and O–H groups in total. The van der Waals surface area contributed by atoms with E-state index in [-0.39, 0.29) is 0 Å². The van der Waals surface area contributed by atoms with Gasteiger partial charge in [0.05, 0.1) is 5.41 Å². The lowest BCUT2D eigenvalue weighted by Crippen LogP contribution is -2.30. The molecule has 0 saturated carbocycles. The van der Waals surface area contributed by atoms with E-state index < -0.39 is 5.41 Å². The van der Waals surface area contributed by atoms with Crippen LogP contribution in [-0.4, -0.2) is 8.93 Å². The van der Waals surface area contributed by atoms with Crippen molar-refractivity contribution in [2.75, 3.05) is 0 Å². The highest BCUT2D eigenvalue weighted by Crippen LogP contribution is 2.35. The van der Waals surface area contributed by atoms with Gasteiger partial charge < -0.3 is 5.21 Å². The number of halogens is 1. The van der Waals surface area contributed by atoms with Crippen LogP contribution in [0.5, 0.6) is 0 Å². The summed E-state index contributed by atoms with van der Waals surface area (Å²) in [4.78, 5) is 0. The van der Waals surface area contributed by atoms with Crippen LogP contribution >= 0.6 is 22.6 Å². The lowest BCUT2D eigenvalue weighted by molar-refractivity contribution is 0.318. The molecule has 0 fully saturated rings. The number of benzene rings is 2. The predicted molar refractivity (Wildman–Crippen MR) is 82.6 cm³/mol. The Morgan fingerprint density at radius 2 is 1.33 bits per heavy atom. The number of nitrogens with zero attached hydrogens (tertiary/aromatic N) is 1. The van der Waals surface area contributed by atoms with Crippen LogP contribution in [0.2, 0.25) is 0 Å². The van der Waals surface area contributed by atoms with Crippen molar-refractivity contribution in [1.82, 2.24) is 0 Å². The molecule has 0 aliphatic carbocycles. The van der Waals surface area contributed by atoms with Crippen LogP contribution in [0.1, 0.15) is 18.1 Å². The van der Waals surface area contributed by atoms with Crippen molar-refractivity contribution < 1.29 is 5.21 Å². The Morgan fingerprint density at radius 3 is 1.67 bits per heavy atom. The first kappa shape index (κ1) is 13.1. The van der Waals surface area contributed by atoms with Gasteiger partial charge in [-0.1, -0.05) is 65.8 Å². The standard InChI is InChI=1S/C15H14INO/c1-15(14(16)17-18,12-8-4-2-5-9-12)13-10-6-3-7-11-13/h2-11,18H,1H3. The fourth-order valence-corrected chi connectivity index (χ4v) is 2.67. The Bertz CT molecular complexity index is 497. The topological polar surface area (TPSA) is 32.6 Å². The highest BCUT2D eigenvalue weighted by molar-refractivity contribution is 14.1. The quantitative estimate of drug-likeness (QED) is 0.382. The summed E-state index contributed by atoms with van der Waals surface area (Å²) >= 11 is 2.09. The third-order valence-electron chi connectivity index (χ3n) is 3.20. The molecule has 0 amide bonds. The van der Waals surface area contributed by atoms with E-state index in [0.717, 1.165) is 11.1 Å². The summed E-state index contributed by atoms with van der Waals surface area (Å²) in [6.45, 7) is 2.07. The van der Waals surface area contributed by atoms with Gasteiger partial charge in [0, 0.05) is 0 Å². The third-order valence-corrected chi connectivity index (χ3v) is 4.50. The molecule has 0 aliphatic rings. The van der Waals surface area contributed by atoms with Crippen LogP contribution < -0.4 is 0 Å². The van der Waals surface area contributed by atoms with Crippen LogP contribution in [0, 0.1) is 0 Å². The first-order valence-corrected chi connectivity index (χ1v) is 6.76. The van der Waals surface area contributed by atoms with Crippen molar-refractivity contribution >= 4 is 26.3 Å². The Labute approximate surface area is 120 Å². The minimum absolute atomic E-state index is 0.419. The maximum absolute atomic E-state index is 9.17. The normalized spacial score (nSPS) is 12.4. The summed E-state index contributed by atoms with van der Waals surface area (Å²) in [5, 5.41) is 12.6. The average Bonchev–Trinajstić information content (AvgIpc) is 2.47. The second kappa shape index (κ2) is 5.52. The van der Waals surface area contributed by atoms with E-state index in [0.29, 0.717) is 3.72 Å². The molecule has 0 atom stereocenters. The molecular weight excluding hydrogens is 337 g/mol. The molecule has 18 heavy (non-hydrogen) atoms. The Morgan fingerprint density at radius 1 is 0.944 bits per heavy atom. The van der Waals surface area contributed by atoms with Crippen molar-refractivity contribution in [3.8, 4) is 0 Å². The summed E-state index contributed by atoms with van der Waals surface area (Å²) in [7, 11) is 0. The molecule has 0 bridgehead atoms. The van der Waals surface area contributed by atoms with Crippen molar-refractivity contribution in [2.45, 2.75) is 12.3 Å². The summed E-state index contributed by atoms with van der Waals surface area (Å²) in [6.07, 6.45) is 0. The first-order chi connectivity index (χ1) is 8.69. The van der Waals surface area contributed by atoms with Gasteiger partial charge in [0.15, 0.2) is 0 Å². The second-order valence-corrected chi connectivity index (χ2v) is 5.27. The van der Waals surface area contributed by atoms with E-state index >= 15 is 0 Å². The van der Waals surface area contributed by atoms with Crippen LogP contribution in [0.15, 0.2) is 65.8 Å². The van der Waals surface area contributed by atoms with E-state index in [1.165, 1.54) is 0 Å². The largest absolute Gasteiger partial charge is 0.410 e. The minimum atomic E-state index is -0.419. The highest BCUT2D eigenvalue weighted by atomic mass is 127. The molecule has 2 nitrogen and oxygen atoms in total. The Balaban J connectivity index is 2.63. The molecule has 92 valence electrons. The van der Waals surface area contributed by atoms with E-state index in [1.54, 1.807) is 0 Å². The molecule has 2 aromatic carbocycles. The Kier molecular flexibility index (Phi) is 4.01. The lowest BCUT2D eigenvalue weighted by atomic mass is 9.77. The maximum Gasteiger partial charge on any atom is 0.132 e. The molecule has 0 aliphatic heterocycles. The van der Waals surface area contributed by atoms with Crippen molar-refractivity contribution in [2.24, 2.45) is 5.16 Å². The van der Waals surface area contributed by atoms with Gasteiger partial charge in [-0.25, -0.2) is 0 Å². The fourth-order valence-electron chi connectivity index (χ4n) is 2.05. The number of hydrogen-bond acceptors (Lipinski definition) is 2. The Hall–Kier alpha value is -1.36. The smallest absolute Gasteiger partial charge is 0.132 e. The van der Waals surface area contributed by atoms with E-state index in [2.05, 4.69) is 58.9 Å².